The van der Waals surface area contributed by atoms with Crippen LogP contribution < -0.4 is 0 Å². The van der Waals surface area contributed by atoms with Gasteiger partial charge in [0.15, 0.2) is 0 Å². The van der Waals surface area contributed by atoms with Gasteiger partial charge in [-0.1, -0.05) is 11.6 Å². The van der Waals surface area contributed by atoms with E-state index >= 15 is 0 Å². The van der Waals surface area contributed by atoms with E-state index < -0.39 is 5.82 Å². The monoisotopic (exact) mass is 243 g/mol. The van der Waals surface area contributed by atoms with Crippen LogP contribution in [0.4, 0.5) is 4.39 Å². The maximum Gasteiger partial charge on any atom is 0.257 e. The zero-order chi connectivity index (χ0) is 12.3. The van der Waals surface area contributed by atoms with Crippen molar-refractivity contribution in [2.24, 2.45) is 0 Å². The van der Waals surface area contributed by atoms with Crippen LogP contribution in [-0.4, -0.2) is 23.4 Å². The summed E-state index contributed by atoms with van der Waals surface area (Å²) in [5, 5.41) is 0.365. The lowest BCUT2D eigenvalue weighted by Crippen LogP contribution is -2.37. The van der Waals surface area contributed by atoms with Gasteiger partial charge in [-0.15, -0.1) is 0 Å². The largest absolute Gasteiger partial charge is 0.336 e. The number of benzene rings is 1. The maximum atomic E-state index is 13.5. The molecule has 0 aromatic heterocycles. The number of hydrogen-bond donors (Lipinski definition) is 0. The molecule has 0 bridgehead atoms. The van der Waals surface area contributed by atoms with Crippen molar-refractivity contribution in [3.05, 3.63) is 34.6 Å². The quantitative estimate of drug-likeness (QED) is 0.797. The van der Waals surface area contributed by atoms with Gasteiger partial charge in [-0.3, -0.25) is 4.79 Å². The molecule has 88 valence electrons. The van der Waals surface area contributed by atoms with Gasteiger partial charge in [0.1, 0.15) is 5.82 Å². The molecular weight excluding hydrogens is 229 g/mol. The van der Waals surface area contributed by atoms with Crippen LogP contribution in [-0.2, 0) is 0 Å². The van der Waals surface area contributed by atoms with Gasteiger partial charge in [-0.25, -0.2) is 4.39 Å². The van der Waals surface area contributed by atoms with E-state index in [0.717, 1.165) is 0 Å². The molecule has 1 aromatic carbocycles. The van der Waals surface area contributed by atoms with E-state index in [0.29, 0.717) is 11.6 Å². The predicted octanol–water partition coefficient (Wildman–Crippen LogP) is 3.35. The van der Waals surface area contributed by atoms with Crippen molar-refractivity contribution < 1.29 is 9.18 Å². The molecule has 0 unspecified atom stereocenters. The fourth-order valence-corrected chi connectivity index (χ4v) is 1.73. The lowest BCUT2D eigenvalue weighted by molar-refractivity contribution is 0.0712. The molecule has 0 aliphatic carbocycles. The van der Waals surface area contributed by atoms with E-state index in [1.165, 1.54) is 18.2 Å². The number of rotatable bonds is 3. The van der Waals surface area contributed by atoms with Crippen LogP contribution in [0, 0.1) is 5.82 Å². The van der Waals surface area contributed by atoms with E-state index in [1.54, 1.807) is 4.90 Å². The molecule has 1 amide bonds. The minimum absolute atomic E-state index is 0.0306. The van der Waals surface area contributed by atoms with Crippen molar-refractivity contribution in [3.63, 3.8) is 0 Å². The molecule has 0 heterocycles. The standard InChI is InChI=1S/C12H15ClFNO/c1-4-15(8(2)3)12(16)10-7-9(13)5-6-11(10)14/h5-8H,4H2,1-3H3. The van der Waals surface area contributed by atoms with Gasteiger partial charge in [-0.05, 0) is 39.0 Å². The van der Waals surface area contributed by atoms with Gasteiger partial charge < -0.3 is 4.90 Å². The van der Waals surface area contributed by atoms with E-state index in [2.05, 4.69) is 0 Å². The van der Waals surface area contributed by atoms with Crippen LogP contribution in [0.5, 0.6) is 0 Å². The third-order valence-electron chi connectivity index (χ3n) is 2.38. The molecule has 1 aromatic rings. The Bertz CT molecular complexity index is 393. The highest BCUT2D eigenvalue weighted by molar-refractivity contribution is 6.31. The summed E-state index contributed by atoms with van der Waals surface area (Å²) in [6.45, 7) is 6.19. The molecule has 0 aliphatic rings. The number of nitrogens with zero attached hydrogens (tertiary/aromatic N) is 1. The summed E-state index contributed by atoms with van der Waals surface area (Å²) in [4.78, 5) is 13.6. The summed E-state index contributed by atoms with van der Waals surface area (Å²) < 4.78 is 13.5. The van der Waals surface area contributed by atoms with Gasteiger partial charge in [-0.2, -0.15) is 0 Å². The second-order valence-corrected chi connectivity index (χ2v) is 4.25. The van der Waals surface area contributed by atoms with Gasteiger partial charge >= 0.3 is 0 Å². The Balaban J connectivity index is 3.08. The number of hydrogen-bond acceptors (Lipinski definition) is 1. The second-order valence-electron chi connectivity index (χ2n) is 3.81. The first-order valence-corrected chi connectivity index (χ1v) is 5.61. The van der Waals surface area contributed by atoms with E-state index in [-0.39, 0.29) is 17.5 Å². The first kappa shape index (κ1) is 13.0. The summed E-state index contributed by atoms with van der Waals surface area (Å²) in [6, 6.07) is 4.05. The van der Waals surface area contributed by atoms with Gasteiger partial charge in [0, 0.05) is 17.6 Å². The summed E-state index contributed by atoms with van der Waals surface area (Å²) in [5.74, 6) is -0.856. The molecule has 4 heteroatoms. The molecule has 0 radical (unpaired) electrons. The van der Waals surface area contributed by atoms with Crippen molar-refractivity contribution >= 4 is 17.5 Å². The first-order chi connectivity index (χ1) is 7.47. The van der Waals surface area contributed by atoms with Crippen LogP contribution in [0.3, 0.4) is 0 Å². The normalized spacial score (nSPS) is 10.6. The maximum absolute atomic E-state index is 13.5. The Kier molecular flexibility index (Phi) is 4.30. The van der Waals surface area contributed by atoms with E-state index in [9.17, 15) is 9.18 Å². The van der Waals surface area contributed by atoms with Crippen molar-refractivity contribution in [2.75, 3.05) is 6.54 Å². The summed E-state index contributed by atoms with van der Waals surface area (Å²) in [7, 11) is 0. The second kappa shape index (κ2) is 5.30. The van der Waals surface area contributed by atoms with Crippen molar-refractivity contribution in [3.8, 4) is 0 Å². The van der Waals surface area contributed by atoms with Gasteiger partial charge in [0.25, 0.3) is 5.91 Å². The van der Waals surface area contributed by atoms with Crippen LogP contribution in [0.2, 0.25) is 5.02 Å². The molecule has 16 heavy (non-hydrogen) atoms. The first-order valence-electron chi connectivity index (χ1n) is 5.23. The zero-order valence-corrected chi connectivity index (χ0v) is 10.4. The van der Waals surface area contributed by atoms with Crippen LogP contribution >= 0.6 is 11.6 Å². The molecule has 2 nitrogen and oxygen atoms in total. The molecule has 0 N–H and O–H groups in total. The molecule has 0 aliphatic heterocycles. The highest BCUT2D eigenvalue weighted by Crippen LogP contribution is 2.17. The summed E-state index contributed by atoms with van der Waals surface area (Å²) in [5.41, 5.74) is 0.0306. The van der Waals surface area contributed by atoms with Crippen molar-refractivity contribution in [2.45, 2.75) is 26.8 Å². The number of carbonyl (C=O) groups is 1. The van der Waals surface area contributed by atoms with Crippen molar-refractivity contribution in [1.29, 1.82) is 0 Å². The fraction of sp³-hybridized carbons (Fsp3) is 0.417. The Morgan fingerprint density at radius 3 is 2.62 bits per heavy atom. The van der Waals surface area contributed by atoms with Crippen LogP contribution in [0.1, 0.15) is 31.1 Å². The average Bonchev–Trinajstić information content (AvgIpc) is 2.22. The van der Waals surface area contributed by atoms with E-state index in [4.69, 9.17) is 11.6 Å². The zero-order valence-electron chi connectivity index (χ0n) is 9.63. The smallest absolute Gasteiger partial charge is 0.257 e. The predicted molar refractivity (Wildman–Crippen MR) is 63.3 cm³/mol. The van der Waals surface area contributed by atoms with Crippen LogP contribution in [0.15, 0.2) is 18.2 Å². The fourth-order valence-electron chi connectivity index (χ4n) is 1.56. The summed E-state index contributed by atoms with van der Waals surface area (Å²) in [6.07, 6.45) is 0. The highest BCUT2D eigenvalue weighted by atomic mass is 35.5. The Morgan fingerprint density at radius 1 is 1.50 bits per heavy atom. The Morgan fingerprint density at radius 2 is 2.12 bits per heavy atom. The Labute approximate surface area is 100 Å². The highest BCUT2D eigenvalue weighted by Gasteiger charge is 2.20. The lowest BCUT2D eigenvalue weighted by atomic mass is 10.1. The van der Waals surface area contributed by atoms with Crippen LogP contribution in [0.25, 0.3) is 0 Å². The SMILES string of the molecule is CCN(C(=O)c1cc(Cl)ccc1F)C(C)C. The van der Waals surface area contributed by atoms with Gasteiger partial charge in [0.2, 0.25) is 0 Å². The molecule has 0 spiro atoms. The third-order valence-corrected chi connectivity index (χ3v) is 2.62. The summed E-state index contributed by atoms with van der Waals surface area (Å²) >= 11 is 5.75. The number of carbonyl (C=O) groups excluding carboxylic acids is 1. The molecule has 1 rings (SSSR count). The average molecular weight is 244 g/mol. The van der Waals surface area contributed by atoms with E-state index in [1.807, 2.05) is 20.8 Å². The number of amides is 1. The topological polar surface area (TPSA) is 20.3 Å². The molecule has 0 saturated heterocycles. The molecule has 0 atom stereocenters. The molecular formula is C12H15ClFNO. The minimum Gasteiger partial charge on any atom is -0.336 e. The lowest BCUT2D eigenvalue weighted by Gasteiger charge is -2.25. The Hall–Kier alpha value is -1.09. The molecule has 0 fully saturated rings. The van der Waals surface area contributed by atoms with Gasteiger partial charge in [0.05, 0.1) is 5.56 Å². The third kappa shape index (κ3) is 2.73. The minimum atomic E-state index is -0.534. The van der Waals surface area contributed by atoms with Crippen molar-refractivity contribution in [1.82, 2.24) is 4.90 Å². The molecule has 0 saturated carbocycles. The number of halogens is 2.